The highest BCUT2D eigenvalue weighted by Crippen LogP contribution is 2.26. The van der Waals surface area contributed by atoms with Gasteiger partial charge in [-0.2, -0.15) is 0 Å². The number of carbonyl (C=O) groups is 1. The van der Waals surface area contributed by atoms with Crippen molar-refractivity contribution in [3.63, 3.8) is 0 Å². The summed E-state index contributed by atoms with van der Waals surface area (Å²) in [5, 5.41) is 0.151. The van der Waals surface area contributed by atoms with Crippen LogP contribution in [0.25, 0.3) is 0 Å². The summed E-state index contributed by atoms with van der Waals surface area (Å²) in [4.78, 5) is 14.4. The zero-order valence-electron chi connectivity index (χ0n) is 12.8. The second-order valence-corrected chi connectivity index (χ2v) is 7.06. The Morgan fingerprint density at radius 1 is 1.18 bits per heavy atom. The highest BCUT2D eigenvalue weighted by molar-refractivity contribution is 7.91. The third kappa shape index (κ3) is 3.22. The van der Waals surface area contributed by atoms with Crippen molar-refractivity contribution in [1.82, 2.24) is 4.98 Å². The lowest BCUT2D eigenvalue weighted by Crippen LogP contribution is -2.08. The zero-order chi connectivity index (χ0) is 16.3. The number of nitrogens with one attached hydrogen (secondary N) is 1. The summed E-state index contributed by atoms with van der Waals surface area (Å²) in [5.41, 5.74) is 2.44. The molecule has 0 aliphatic heterocycles. The van der Waals surface area contributed by atoms with E-state index in [9.17, 15) is 13.2 Å². The molecule has 1 aromatic carbocycles. The Kier molecular flexibility index (Phi) is 4.71. The van der Waals surface area contributed by atoms with Crippen LogP contribution in [0.5, 0.6) is 0 Å². The molecule has 1 aromatic heterocycles. The minimum Gasteiger partial charge on any atom is -0.469 e. The summed E-state index contributed by atoms with van der Waals surface area (Å²) in [6, 6.07) is 6.70. The molecule has 1 heterocycles. The van der Waals surface area contributed by atoms with E-state index >= 15 is 0 Å². The molecule has 5 nitrogen and oxygen atoms in total. The summed E-state index contributed by atoms with van der Waals surface area (Å²) in [6.45, 7) is 3.72. The van der Waals surface area contributed by atoms with E-state index in [4.69, 9.17) is 0 Å². The quantitative estimate of drug-likeness (QED) is 0.859. The van der Waals surface area contributed by atoms with Crippen LogP contribution in [0.2, 0.25) is 0 Å². The monoisotopic (exact) mass is 321 g/mol. The molecule has 0 aliphatic rings. The van der Waals surface area contributed by atoms with Gasteiger partial charge >= 0.3 is 5.97 Å². The Morgan fingerprint density at radius 3 is 2.41 bits per heavy atom. The summed E-state index contributed by atoms with van der Waals surface area (Å²) in [5.74, 6) is -0.362. The van der Waals surface area contributed by atoms with Crippen LogP contribution in [-0.4, -0.2) is 26.5 Å². The van der Waals surface area contributed by atoms with E-state index < -0.39 is 9.84 Å². The number of aromatic amines is 1. The number of esters is 1. The predicted molar refractivity (Wildman–Crippen MR) is 82.5 cm³/mol. The molecule has 0 unspecified atom stereocenters. The van der Waals surface area contributed by atoms with Crippen LogP contribution in [0.4, 0.5) is 0 Å². The van der Waals surface area contributed by atoms with Crippen LogP contribution in [0.15, 0.2) is 40.4 Å². The second kappa shape index (κ2) is 6.36. The molecule has 0 fully saturated rings. The predicted octanol–water partition coefficient (Wildman–Crippen LogP) is 2.57. The number of carbonyl (C=O) groups excluding carboxylic acids is 1. The molecule has 0 atom stereocenters. The fourth-order valence-corrected chi connectivity index (χ4v) is 3.77. The smallest absolute Gasteiger partial charge is 0.305 e. The van der Waals surface area contributed by atoms with Crippen LogP contribution in [-0.2, 0) is 25.8 Å². The fourth-order valence-electron chi connectivity index (χ4n) is 2.24. The van der Waals surface area contributed by atoms with Gasteiger partial charge in [0.1, 0.15) is 5.03 Å². The Labute approximate surface area is 130 Å². The lowest BCUT2D eigenvalue weighted by molar-refractivity contribution is -0.140. The van der Waals surface area contributed by atoms with Crippen molar-refractivity contribution in [2.45, 2.75) is 36.6 Å². The van der Waals surface area contributed by atoms with Crippen molar-refractivity contribution in [2.24, 2.45) is 0 Å². The molecule has 2 aromatic rings. The average Bonchev–Trinajstić information content (AvgIpc) is 2.87. The number of benzene rings is 1. The van der Waals surface area contributed by atoms with Gasteiger partial charge in [-0.3, -0.25) is 4.79 Å². The maximum absolute atomic E-state index is 12.7. The number of sulfone groups is 1. The van der Waals surface area contributed by atoms with E-state index in [0.29, 0.717) is 12.0 Å². The molecule has 22 heavy (non-hydrogen) atoms. The molecule has 118 valence electrons. The van der Waals surface area contributed by atoms with Gasteiger partial charge in [0.2, 0.25) is 9.84 Å². The van der Waals surface area contributed by atoms with Crippen molar-refractivity contribution in [3.05, 3.63) is 47.2 Å². The number of methoxy groups -OCH3 is 1. The first kappa shape index (κ1) is 16.3. The van der Waals surface area contributed by atoms with Gasteiger partial charge in [-0.25, -0.2) is 8.42 Å². The SMILES string of the molecule is COC(=O)CCc1c(C)c[nH]c1S(=O)(=O)c1ccc(C)cc1. The summed E-state index contributed by atoms with van der Waals surface area (Å²) >= 11 is 0. The van der Waals surface area contributed by atoms with E-state index in [1.165, 1.54) is 7.11 Å². The van der Waals surface area contributed by atoms with Crippen LogP contribution in [0.3, 0.4) is 0 Å². The van der Waals surface area contributed by atoms with Crippen LogP contribution in [0.1, 0.15) is 23.1 Å². The number of aromatic nitrogens is 1. The van der Waals surface area contributed by atoms with Gasteiger partial charge in [-0.05, 0) is 43.5 Å². The lowest BCUT2D eigenvalue weighted by atomic mass is 10.1. The zero-order valence-corrected chi connectivity index (χ0v) is 13.7. The molecule has 0 aliphatic carbocycles. The van der Waals surface area contributed by atoms with E-state index in [1.54, 1.807) is 30.5 Å². The standard InChI is InChI=1S/C16H19NO4S/c1-11-4-6-13(7-5-11)22(19,20)16-14(12(2)10-17-16)8-9-15(18)21-3/h4-7,10,17H,8-9H2,1-3H3. The van der Waals surface area contributed by atoms with E-state index in [1.807, 2.05) is 13.8 Å². The van der Waals surface area contributed by atoms with Gasteiger partial charge in [0.15, 0.2) is 0 Å². The summed E-state index contributed by atoms with van der Waals surface area (Å²) in [7, 11) is -2.31. The van der Waals surface area contributed by atoms with Gasteiger partial charge in [0.05, 0.1) is 12.0 Å². The van der Waals surface area contributed by atoms with Gasteiger partial charge in [-0.1, -0.05) is 17.7 Å². The largest absolute Gasteiger partial charge is 0.469 e. The minimum absolute atomic E-state index is 0.144. The molecule has 0 bridgehead atoms. The maximum atomic E-state index is 12.7. The first-order chi connectivity index (χ1) is 10.4. The van der Waals surface area contributed by atoms with Crippen LogP contribution in [0, 0.1) is 13.8 Å². The third-order valence-electron chi connectivity index (χ3n) is 3.58. The van der Waals surface area contributed by atoms with Crippen LogP contribution < -0.4 is 0 Å². The minimum atomic E-state index is -3.63. The van der Waals surface area contributed by atoms with Crippen LogP contribution >= 0.6 is 0 Å². The van der Waals surface area contributed by atoms with Crippen molar-refractivity contribution in [1.29, 1.82) is 0 Å². The molecule has 6 heteroatoms. The number of H-pyrrole nitrogens is 1. The summed E-state index contributed by atoms with van der Waals surface area (Å²) < 4.78 is 30.1. The van der Waals surface area contributed by atoms with Crippen molar-refractivity contribution >= 4 is 15.8 Å². The molecule has 2 rings (SSSR count). The van der Waals surface area contributed by atoms with Gasteiger partial charge < -0.3 is 9.72 Å². The first-order valence-corrected chi connectivity index (χ1v) is 8.40. The number of aryl methyl sites for hydroxylation is 2. The molecular formula is C16H19NO4S. The number of hydrogen-bond acceptors (Lipinski definition) is 4. The van der Waals surface area contributed by atoms with Crippen molar-refractivity contribution in [2.75, 3.05) is 7.11 Å². The molecular weight excluding hydrogens is 302 g/mol. The third-order valence-corrected chi connectivity index (χ3v) is 5.37. The molecule has 0 amide bonds. The molecule has 0 radical (unpaired) electrons. The molecule has 0 spiro atoms. The van der Waals surface area contributed by atoms with E-state index in [-0.39, 0.29) is 22.3 Å². The van der Waals surface area contributed by atoms with Gasteiger partial charge in [0, 0.05) is 12.6 Å². The topological polar surface area (TPSA) is 76.2 Å². The Balaban J connectivity index is 2.39. The first-order valence-electron chi connectivity index (χ1n) is 6.91. The number of ether oxygens (including phenoxy) is 1. The lowest BCUT2D eigenvalue weighted by Gasteiger charge is -2.07. The van der Waals surface area contributed by atoms with Crippen molar-refractivity contribution < 1.29 is 17.9 Å². The maximum Gasteiger partial charge on any atom is 0.305 e. The Morgan fingerprint density at radius 2 is 1.82 bits per heavy atom. The van der Waals surface area contributed by atoms with E-state index in [0.717, 1.165) is 11.1 Å². The van der Waals surface area contributed by atoms with Crippen molar-refractivity contribution in [3.8, 4) is 0 Å². The highest BCUT2D eigenvalue weighted by atomic mass is 32.2. The van der Waals surface area contributed by atoms with E-state index in [2.05, 4.69) is 9.72 Å². The molecule has 1 N–H and O–H groups in total. The average molecular weight is 321 g/mol. The Hall–Kier alpha value is -2.08. The normalized spacial score (nSPS) is 11.4. The summed E-state index contributed by atoms with van der Waals surface area (Å²) in [6.07, 6.45) is 2.11. The fraction of sp³-hybridized carbons (Fsp3) is 0.312. The highest BCUT2D eigenvalue weighted by Gasteiger charge is 2.24. The van der Waals surface area contributed by atoms with Gasteiger partial charge in [0.25, 0.3) is 0 Å². The molecule has 0 saturated heterocycles. The number of rotatable bonds is 5. The Bertz CT molecular complexity index is 773. The number of hydrogen-bond donors (Lipinski definition) is 1. The molecule has 0 saturated carbocycles. The van der Waals surface area contributed by atoms with Gasteiger partial charge in [-0.15, -0.1) is 0 Å². The second-order valence-electron chi connectivity index (χ2n) is 5.17.